The Morgan fingerprint density at radius 1 is 1.39 bits per heavy atom. The molecule has 1 fully saturated rings. The van der Waals surface area contributed by atoms with Crippen molar-refractivity contribution in [1.29, 1.82) is 0 Å². The number of rotatable bonds is 5. The van der Waals surface area contributed by atoms with Gasteiger partial charge in [-0.15, -0.1) is 0 Å². The molecule has 7 nitrogen and oxygen atoms in total. The van der Waals surface area contributed by atoms with Gasteiger partial charge in [-0.2, -0.15) is 5.10 Å². The van der Waals surface area contributed by atoms with Crippen molar-refractivity contribution >= 4 is 11.7 Å². The second-order valence-corrected chi connectivity index (χ2v) is 5.86. The van der Waals surface area contributed by atoms with Gasteiger partial charge in [0.05, 0.1) is 18.3 Å². The highest BCUT2D eigenvalue weighted by molar-refractivity contribution is 5.74. The van der Waals surface area contributed by atoms with Crippen LogP contribution in [-0.4, -0.2) is 43.6 Å². The predicted molar refractivity (Wildman–Crippen MR) is 87.0 cm³/mol. The van der Waals surface area contributed by atoms with Crippen LogP contribution in [0.1, 0.15) is 36.6 Å². The van der Waals surface area contributed by atoms with Crippen molar-refractivity contribution in [3.05, 3.63) is 35.5 Å². The second kappa shape index (κ2) is 6.36. The Morgan fingerprint density at radius 3 is 2.83 bits per heavy atom. The summed E-state index contributed by atoms with van der Waals surface area (Å²) < 4.78 is 1.95. The van der Waals surface area contributed by atoms with Gasteiger partial charge in [0.25, 0.3) is 0 Å². The van der Waals surface area contributed by atoms with Crippen LogP contribution < -0.4 is 5.32 Å². The number of likely N-dealkylation sites (tertiary alicyclic amines) is 1. The largest absolute Gasteiger partial charge is 0.368 e. The number of nitrogens with one attached hydrogen (secondary N) is 1. The summed E-state index contributed by atoms with van der Waals surface area (Å²) in [6.45, 7) is 7.84. The van der Waals surface area contributed by atoms with E-state index in [4.69, 9.17) is 0 Å². The van der Waals surface area contributed by atoms with Gasteiger partial charge in [-0.05, 0) is 26.3 Å². The van der Waals surface area contributed by atoms with E-state index in [1.807, 2.05) is 35.6 Å². The van der Waals surface area contributed by atoms with E-state index >= 15 is 0 Å². The molecule has 0 unspecified atom stereocenters. The van der Waals surface area contributed by atoms with Crippen molar-refractivity contribution < 1.29 is 4.79 Å². The first-order valence-corrected chi connectivity index (χ1v) is 7.89. The lowest BCUT2D eigenvalue weighted by Gasteiger charge is -2.40. The molecule has 0 spiro atoms. The van der Waals surface area contributed by atoms with Gasteiger partial charge in [-0.25, -0.2) is 9.97 Å². The Balaban J connectivity index is 1.66. The van der Waals surface area contributed by atoms with E-state index in [-0.39, 0.29) is 11.9 Å². The molecule has 0 aromatic carbocycles. The summed E-state index contributed by atoms with van der Waals surface area (Å²) in [4.78, 5) is 22.3. The third kappa shape index (κ3) is 3.33. The molecule has 2 aromatic rings. The van der Waals surface area contributed by atoms with E-state index in [0.29, 0.717) is 0 Å². The van der Waals surface area contributed by atoms with Gasteiger partial charge in [0.1, 0.15) is 11.6 Å². The molecule has 122 valence electrons. The molecule has 1 atom stereocenters. The van der Waals surface area contributed by atoms with Crippen LogP contribution in [0.15, 0.2) is 18.3 Å². The molecule has 1 aliphatic rings. The Hall–Kier alpha value is -2.44. The fourth-order valence-corrected chi connectivity index (χ4v) is 2.85. The van der Waals surface area contributed by atoms with Gasteiger partial charge in [0.2, 0.25) is 5.91 Å². The highest BCUT2D eigenvalue weighted by Gasteiger charge is 2.32. The molecule has 3 heterocycles. The maximum atomic E-state index is 11.6. The molecule has 23 heavy (non-hydrogen) atoms. The number of anilines is 1. The first kappa shape index (κ1) is 15.5. The molecule has 1 aliphatic heterocycles. The molecule has 0 bridgehead atoms. The number of hydrogen-bond donors (Lipinski definition) is 1. The lowest BCUT2D eigenvalue weighted by molar-refractivity contribution is -0.136. The average Bonchev–Trinajstić information content (AvgIpc) is 2.82. The zero-order valence-electron chi connectivity index (χ0n) is 13.8. The summed E-state index contributed by atoms with van der Waals surface area (Å²) in [5.74, 6) is 1.62. The van der Waals surface area contributed by atoms with Gasteiger partial charge in [-0.3, -0.25) is 9.48 Å². The molecule has 1 amide bonds. The Kier molecular flexibility index (Phi) is 4.27. The molecular weight excluding hydrogens is 292 g/mol. The molecule has 0 saturated carbocycles. The van der Waals surface area contributed by atoms with Crippen LogP contribution >= 0.6 is 0 Å². The Labute approximate surface area is 135 Å². The van der Waals surface area contributed by atoms with Crippen molar-refractivity contribution in [2.75, 3.05) is 18.4 Å². The maximum Gasteiger partial charge on any atom is 0.220 e. The predicted octanol–water partition coefficient (Wildman–Crippen LogP) is 1.70. The van der Waals surface area contributed by atoms with Crippen LogP contribution in [0, 0.1) is 13.8 Å². The standard InChI is InChI=1S/C16H22N6O/c1-11-4-6-18-22(11)9-7-17-16-10-14(19-12(2)20-16)15-5-8-21(15)13(3)23/h4,6,10,15H,5,7-9H2,1-3H3,(H,17,19,20)/t15-/m0/s1. The van der Waals surface area contributed by atoms with Gasteiger partial charge in [0, 0.05) is 38.0 Å². The van der Waals surface area contributed by atoms with Crippen LogP contribution in [0.2, 0.25) is 0 Å². The van der Waals surface area contributed by atoms with Crippen molar-refractivity contribution in [3.8, 4) is 0 Å². The lowest BCUT2D eigenvalue weighted by Crippen LogP contribution is -2.44. The van der Waals surface area contributed by atoms with Gasteiger partial charge in [-0.1, -0.05) is 0 Å². The van der Waals surface area contributed by atoms with Crippen LogP contribution in [-0.2, 0) is 11.3 Å². The van der Waals surface area contributed by atoms with Crippen LogP contribution in [0.4, 0.5) is 5.82 Å². The number of carbonyl (C=O) groups is 1. The number of aromatic nitrogens is 4. The van der Waals surface area contributed by atoms with E-state index in [9.17, 15) is 4.79 Å². The van der Waals surface area contributed by atoms with Crippen LogP contribution in [0.5, 0.6) is 0 Å². The molecular formula is C16H22N6O. The Bertz CT molecular complexity index is 710. The number of nitrogens with zero attached hydrogens (tertiary/aromatic N) is 5. The van der Waals surface area contributed by atoms with Gasteiger partial charge < -0.3 is 10.2 Å². The fraction of sp³-hybridized carbons (Fsp3) is 0.500. The summed E-state index contributed by atoms with van der Waals surface area (Å²) in [6, 6.07) is 4.02. The van der Waals surface area contributed by atoms with E-state index in [2.05, 4.69) is 20.4 Å². The molecule has 3 rings (SSSR count). The highest BCUT2D eigenvalue weighted by atomic mass is 16.2. The van der Waals surface area contributed by atoms with Crippen molar-refractivity contribution in [1.82, 2.24) is 24.6 Å². The lowest BCUT2D eigenvalue weighted by atomic mass is 9.99. The minimum atomic E-state index is 0.0862. The van der Waals surface area contributed by atoms with E-state index in [1.54, 1.807) is 13.1 Å². The molecule has 2 aromatic heterocycles. The van der Waals surface area contributed by atoms with Gasteiger partial charge >= 0.3 is 0 Å². The zero-order chi connectivity index (χ0) is 16.4. The first-order chi connectivity index (χ1) is 11.0. The van der Waals surface area contributed by atoms with E-state index in [1.165, 1.54) is 0 Å². The molecule has 1 saturated heterocycles. The molecule has 1 N–H and O–H groups in total. The fourth-order valence-electron chi connectivity index (χ4n) is 2.85. The SMILES string of the molecule is CC(=O)N1CC[C@H]1c1cc(NCCn2nccc2C)nc(C)n1. The van der Waals surface area contributed by atoms with Crippen molar-refractivity contribution in [2.24, 2.45) is 0 Å². The minimum Gasteiger partial charge on any atom is -0.368 e. The summed E-state index contributed by atoms with van der Waals surface area (Å²) in [7, 11) is 0. The van der Waals surface area contributed by atoms with Crippen molar-refractivity contribution in [3.63, 3.8) is 0 Å². The minimum absolute atomic E-state index is 0.0862. The quantitative estimate of drug-likeness (QED) is 0.909. The zero-order valence-corrected chi connectivity index (χ0v) is 13.8. The molecule has 0 radical (unpaired) electrons. The normalized spacial score (nSPS) is 17.0. The number of amides is 1. The number of aryl methyl sites for hydroxylation is 2. The summed E-state index contributed by atoms with van der Waals surface area (Å²) in [6.07, 6.45) is 2.76. The van der Waals surface area contributed by atoms with Gasteiger partial charge in [0.15, 0.2) is 0 Å². The van der Waals surface area contributed by atoms with E-state index < -0.39 is 0 Å². The van der Waals surface area contributed by atoms with Crippen LogP contribution in [0.3, 0.4) is 0 Å². The van der Waals surface area contributed by atoms with Crippen LogP contribution in [0.25, 0.3) is 0 Å². The summed E-state index contributed by atoms with van der Waals surface area (Å²) in [5, 5.41) is 7.58. The Morgan fingerprint density at radius 2 is 2.22 bits per heavy atom. The maximum absolute atomic E-state index is 11.6. The highest BCUT2D eigenvalue weighted by Crippen LogP contribution is 2.32. The summed E-state index contributed by atoms with van der Waals surface area (Å²) in [5.41, 5.74) is 2.05. The third-order valence-corrected chi connectivity index (χ3v) is 4.18. The number of carbonyl (C=O) groups excluding carboxylic acids is 1. The van der Waals surface area contributed by atoms with Crippen molar-refractivity contribution in [2.45, 2.75) is 39.8 Å². The third-order valence-electron chi connectivity index (χ3n) is 4.18. The second-order valence-electron chi connectivity index (χ2n) is 5.86. The first-order valence-electron chi connectivity index (χ1n) is 7.89. The van der Waals surface area contributed by atoms with E-state index in [0.717, 1.165) is 49.1 Å². The molecule has 7 heteroatoms. The number of hydrogen-bond acceptors (Lipinski definition) is 5. The molecule has 0 aliphatic carbocycles. The topological polar surface area (TPSA) is 75.9 Å². The smallest absolute Gasteiger partial charge is 0.220 e. The summed E-state index contributed by atoms with van der Waals surface area (Å²) >= 11 is 0. The monoisotopic (exact) mass is 314 g/mol. The average molecular weight is 314 g/mol.